The number of benzene rings is 2. The van der Waals surface area contributed by atoms with Crippen LogP contribution >= 0.6 is 0 Å². The summed E-state index contributed by atoms with van der Waals surface area (Å²) in [5.74, 6) is -0.274. The maximum absolute atomic E-state index is 13.1. The molecule has 23 heavy (non-hydrogen) atoms. The zero-order valence-corrected chi connectivity index (χ0v) is 14.3. The molecule has 0 saturated heterocycles. The second-order valence-corrected chi connectivity index (χ2v) is 7.58. The lowest BCUT2D eigenvalue weighted by atomic mass is 10.2. The molecule has 0 bridgehead atoms. The molecule has 0 radical (unpaired) electrons. The standard InChI is InChI=1S/C17H21FN2O2S/c1-4-20(16-10-8-15(18)9-11-16)13-14-6-5-7-17(12-14)23(21,22)19(2)3/h5-12H,4,13H2,1-3H3. The van der Waals surface area contributed by atoms with Crippen LogP contribution in [0.4, 0.5) is 10.1 Å². The van der Waals surface area contributed by atoms with Crippen molar-refractivity contribution in [3.63, 3.8) is 0 Å². The first-order chi connectivity index (χ1) is 10.8. The number of halogens is 1. The Balaban J connectivity index is 2.27. The molecule has 0 unspecified atom stereocenters. The van der Waals surface area contributed by atoms with Gasteiger partial charge >= 0.3 is 0 Å². The van der Waals surface area contributed by atoms with E-state index < -0.39 is 10.0 Å². The van der Waals surface area contributed by atoms with E-state index in [1.54, 1.807) is 30.3 Å². The van der Waals surface area contributed by atoms with Crippen LogP contribution in [-0.4, -0.2) is 33.4 Å². The predicted molar refractivity (Wildman–Crippen MR) is 90.4 cm³/mol. The third kappa shape index (κ3) is 4.09. The topological polar surface area (TPSA) is 40.6 Å². The molecule has 0 atom stereocenters. The molecule has 0 heterocycles. The Morgan fingerprint density at radius 3 is 2.26 bits per heavy atom. The summed E-state index contributed by atoms with van der Waals surface area (Å²) in [7, 11) is -0.421. The molecule has 0 aliphatic rings. The first-order valence-corrected chi connectivity index (χ1v) is 8.80. The highest BCUT2D eigenvalue weighted by Gasteiger charge is 2.17. The van der Waals surface area contributed by atoms with E-state index in [9.17, 15) is 12.8 Å². The summed E-state index contributed by atoms with van der Waals surface area (Å²) in [6, 6.07) is 13.2. The molecule has 2 aromatic rings. The summed E-state index contributed by atoms with van der Waals surface area (Å²) < 4.78 is 38.7. The van der Waals surface area contributed by atoms with Gasteiger partial charge in [-0.15, -0.1) is 0 Å². The number of hydrogen-bond donors (Lipinski definition) is 0. The minimum Gasteiger partial charge on any atom is -0.367 e. The van der Waals surface area contributed by atoms with Gasteiger partial charge < -0.3 is 4.90 Å². The Kier molecular flexibility index (Phi) is 5.38. The van der Waals surface area contributed by atoms with E-state index in [2.05, 4.69) is 4.90 Å². The molecule has 0 saturated carbocycles. The van der Waals surface area contributed by atoms with Gasteiger partial charge in [0, 0.05) is 32.9 Å². The summed E-state index contributed by atoms with van der Waals surface area (Å²) in [6.07, 6.45) is 0. The average Bonchev–Trinajstić information content (AvgIpc) is 2.53. The smallest absolute Gasteiger partial charge is 0.242 e. The van der Waals surface area contributed by atoms with Crippen LogP contribution in [0, 0.1) is 5.82 Å². The number of sulfonamides is 1. The van der Waals surface area contributed by atoms with Gasteiger partial charge in [-0.25, -0.2) is 17.1 Å². The SMILES string of the molecule is CCN(Cc1cccc(S(=O)(=O)N(C)C)c1)c1ccc(F)cc1. The van der Waals surface area contributed by atoms with Gasteiger partial charge in [-0.2, -0.15) is 0 Å². The van der Waals surface area contributed by atoms with Crippen molar-refractivity contribution in [2.45, 2.75) is 18.4 Å². The Morgan fingerprint density at radius 1 is 1.04 bits per heavy atom. The third-order valence-corrected chi connectivity index (χ3v) is 5.44. The highest BCUT2D eigenvalue weighted by Crippen LogP contribution is 2.20. The Labute approximate surface area is 137 Å². The van der Waals surface area contributed by atoms with Crippen molar-refractivity contribution in [2.24, 2.45) is 0 Å². The Morgan fingerprint density at radius 2 is 1.70 bits per heavy atom. The average molecular weight is 336 g/mol. The van der Waals surface area contributed by atoms with E-state index in [1.165, 1.54) is 30.5 Å². The fourth-order valence-electron chi connectivity index (χ4n) is 2.27. The minimum atomic E-state index is -3.45. The highest BCUT2D eigenvalue weighted by atomic mass is 32.2. The molecule has 0 spiro atoms. The predicted octanol–water partition coefficient (Wildman–Crippen LogP) is 3.10. The molecule has 2 rings (SSSR count). The number of nitrogens with zero attached hydrogens (tertiary/aromatic N) is 2. The minimum absolute atomic E-state index is 0.273. The Hall–Kier alpha value is -1.92. The van der Waals surface area contributed by atoms with E-state index in [0.29, 0.717) is 6.54 Å². The van der Waals surface area contributed by atoms with Crippen molar-refractivity contribution in [3.05, 3.63) is 59.9 Å². The van der Waals surface area contributed by atoms with Crippen LogP contribution in [0.2, 0.25) is 0 Å². The third-order valence-electron chi connectivity index (χ3n) is 3.62. The zero-order chi connectivity index (χ0) is 17.0. The first kappa shape index (κ1) is 17.4. The number of anilines is 1. The van der Waals surface area contributed by atoms with E-state index in [0.717, 1.165) is 17.8 Å². The van der Waals surface area contributed by atoms with E-state index in [1.807, 2.05) is 13.0 Å². The van der Waals surface area contributed by atoms with E-state index >= 15 is 0 Å². The van der Waals surface area contributed by atoms with Crippen molar-refractivity contribution >= 4 is 15.7 Å². The van der Waals surface area contributed by atoms with E-state index in [4.69, 9.17) is 0 Å². The lowest BCUT2D eigenvalue weighted by Gasteiger charge is -2.23. The van der Waals surface area contributed by atoms with Crippen LogP contribution in [0.15, 0.2) is 53.4 Å². The summed E-state index contributed by atoms with van der Waals surface area (Å²) in [6.45, 7) is 3.29. The molecular formula is C17H21FN2O2S. The van der Waals surface area contributed by atoms with Gasteiger partial charge in [-0.05, 0) is 48.9 Å². The maximum Gasteiger partial charge on any atom is 0.242 e. The molecule has 0 aromatic heterocycles. The molecule has 0 amide bonds. The van der Waals surface area contributed by atoms with Crippen molar-refractivity contribution < 1.29 is 12.8 Å². The van der Waals surface area contributed by atoms with Gasteiger partial charge in [0.25, 0.3) is 0 Å². The van der Waals surface area contributed by atoms with Crippen LogP contribution in [0.3, 0.4) is 0 Å². The quantitative estimate of drug-likeness (QED) is 0.814. The van der Waals surface area contributed by atoms with Gasteiger partial charge in [0.1, 0.15) is 5.82 Å². The molecule has 0 aliphatic carbocycles. The molecule has 6 heteroatoms. The van der Waals surface area contributed by atoms with Crippen LogP contribution in [0.25, 0.3) is 0 Å². The van der Waals surface area contributed by atoms with Gasteiger partial charge in [-0.1, -0.05) is 12.1 Å². The summed E-state index contributed by atoms with van der Waals surface area (Å²) in [5.41, 5.74) is 1.79. The number of rotatable bonds is 6. The normalized spacial score (nSPS) is 11.7. The maximum atomic E-state index is 13.1. The van der Waals surface area contributed by atoms with Crippen LogP contribution in [0.1, 0.15) is 12.5 Å². The second-order valence-electron chi connectivity index (χ2n) is 5.43. The highest BCUT2D eigenvalue weighted by molar-refractivity contribution is 7.89. The largest absolute Gasteiger partial charge is 0.367 e. The monoisotopic (exact) mass is 336 g/mol. The lowest BCUT2D eigenvalue weighted by Crippen LogP contribution is -2.24. The van der Waals surface area contributed by atoms with Crippen molar-refractivity contribution in [1.29, 1.82) is 0 Å². The molecule has 2 aromatic carbocycles. The molecule has 0 N–H and O–H groups in total. The molecule has 0 aliphatic heterocycles. The molecule has 4 nitrogen and oxygen atoms in total. The van der Waals surface area contributed by atoms with Crippen LogP contribution in [0.5, 0.6) is 0 Å². The van der Waals surface area contributed by atoms with Gasteiger partial charge in [0.2, 0.25) is 10.0 Å². The molecular weight excluding hydrogens is 315 g/mol. The zero-order valence-electron chi connectivity index (χ0n) is 13.5. The summed E-state index contributed by atoms with van der Waals surface area (Å²) >= 11 is 0. The first-order valence-electron chi connectivity index (χ1n) is 7.36. The van der Waals surface area contributed by atoms with Crippen molar-refractivity contribution in [2.75, 3.05) is 25.5 Å². The van der Waals surface area contributed by atoms with Crippen LogP contribution in [-0.2, 0) is 16.6 Å². The summed E-state index contributed by atoms with van der Waals surface area (Å²) in [4.78, 5) is 2.33. The second kappa shape index (κ2) is 7.10. The van der Waals surface area contributed by atoms with Crippen molar-refractivity contribution in [1.82, 2.24) is 4.31 Å². The summed E-state index contributed by atoms with van der Waals surface area (Å²) in [5, 5.41) is 0. The van der Waals surface area contributed by atoms with Crippen LogP contribution < -0.4 is 4.90 Å². The molecule has 0 fully saturated rings. The fourth-order valence-corrected chi connectivity index (χ4v) is 3.25. The fraction of sp³-hybridized carbons (Fsp3) is 0.294. The van der Waals surface area contributed by atoms with Gasteiger partial charge in [0.15, 0.2) is 0 Å². The van der Waals surface area contributed by atoms with Gasteiger partial charge in [0.05, 0.1) is 4.90 Å². The number of hydrogen-bond acceptors (Lipinski definition) is 3. The lowest BCUT2D eigenvalue weighted by molar-refractivity contribution is 0.520. The molecule has 124 valence electrons. The van der Waals surface area contributed by atoms with Gasteiger partial charge in [-0.3, -0.25) is 0 Å². The van der Waals surface area contributed by atoms with Crippen molar-refractivity contribution in [3.8, 4) is 0 Å². The van der Waals surface area contributed by atoms with E-state index in [-0.39, 0.29) is 10.7 Å². The Bertz CT molecular complexity index is 758.